The molecule has 0 unspecified atom stereocenters. The van der Waals surface area contributed by atoms with Gasteiger partial charge in [-0.25, -0.2) is 8.42 Å². The van der Waals surface area contributed by atoms with Gasteiger partial charge in [0.25, 0.3) is 0 Å². The van der Waals surface area contributed by atoms with Gasteiger partial charge in [0.1, 0.15) is 0 Å². The van der Waals surface area contributed by atoms with E-state index in [9.17, 15) is 8.42 Å². The molecule has 104 valence electrons. The Hall–Kier alpha value is -1.90. The van der Waals surface area contributed by atoms with Crippen molar-refractivity contribution < 1.29 is 8.42 Å². The van der Waals surface area contributed by atoms with Crippen molar-refractivity contribution in [3.8, 4) is 6.07 Å². The normalized spacial score (nSPS) is 11.7. The Bertz CT molecular complexity index is 743. The molecule has 2 aromatic rings. The van der Waals surface area contributed by atoms with Crippen molar-refractivity contribution in [1.82, 2.24) is 4.31 Å². The van der Waals surface area contributed by atoms with Crippen molar-refractivity contribution in [3.05, 3.63) is 42.5 Å². The van der Waals surface area contributed by atoms with E-state index in [0.717, 1.165) is 5.39 Å². The molecule has 0 aliphatic carbocycles. The number of rotatable bonds is 5. The molecular weight excluding hydrogens is 272 g/mol. The van der Waals surface area contributed by atoms with Crippen LogP contribution in [0, 0.1) is 11.3 Å². The number of hydrogen-bond acceptors (Lipinski definition) is 3. The first-order valence-corrected chi connectivity index (χ1v) is 7.90. The first-order valence-electron chi connectivity index (χ1n) is 6.46. The minimum Gasteiger partial charge on any atom is -0.207 e. The lowest BCUT2D eigenvalue weighted by Gasteiger charge is -2.20. The summed E-state index contributed by atoms with van der Waals surface area (Å²) in [5.74, 6) is 0. The molecule has 0 saturated carbocycles. The zero-order valence-corrected chi connectivity index (χ0v) is 12.1. The second-order valence-electron chi connectivity index (χ2n) is 4.38. The third kappa shape index (κ3) is 2.67. The molecule has 20 heavy (non-hydrogen) atoms. The molecule has 2 rings (SSSR count). The molecule has 0 atom stereocenters. The van der Waals surface area contributed by atoms with E-state index in [4.69, 9.17) is 5.26 Å². The van der Waals surface area contributed by atoms with Gasteiger partial charge in [-0.05, 0) is 11.5 Å². The van der Waals surface area contributed by atoms with E-state index in [-0.39, 0.29) is 13.0 Å². The highest BCUT2D eigenvalue weighted by Crippen LogP contribution is 2.25. The minimum atomic E-state index is -3.57. The van der Waals surface area contributed by atoms with E-state index >= 15 is 0 Å². The van der Waals surface area contributed by atoms with E-state index in [1.165, 1.54) is 4.31 Å². The maximum Gasteiger partial charge on any atom is 0.243 e. The molecule has 0 aliphatic rings. The summed E-state index contributed by atoms with van der Waals surface area (Å²) in [6, 6.07) is 14.6. The van der Waals surface area contributed by atoms with Gasteiger partial charge in [-0.1, -0.05) is 43.3 Å². The summed E-state index contributed by atoms with van der Waals surface area (Å²) >= 11 is 0. The lowest BCUT2D eigenvalue weighted by molar-refractivity contribution is 0.435. The van der Waals surface area contributed by atoms with Crippen LogP contribution in [0.15, 0.2) is 47.4 Å². The standard InChI is InChI=1S/C15H16N2O2S/c1-2-17(12-6-11-16)20(18,19)15-10-5-8-13-7-3-4-9-14(13)15/h3-5,7-10H,2,6,12H2,1H3. The molecule has 0 N–H and O–H groups in total. The van der Waals surface area contributed by atoms with E-state index in [1.54, 1.807) is 25.1 Å². The third-order valence-corrected chi connectivity index (χ3v) is 5.23. The van der Waals surface area contributed by atoms with Crippen LogP contribution in [-0.4, -0.2) is 25.8 Å². The quantitative estimate of drug-likeness (QED) is 0.850. The van der Waals surface area contributed by atoms with Gasteiger partial charge < -0.3 is 0 Å². The van der Waals surface area contributed by atoms with Crippen LogP contribution < -0.4 is 0 Å². The molecule has 0 saturated heterocycles. The highest BCUT2D eigenvalue weighted by molar-refractivity contribution is 7.89. The lowest BCUT2D eigenvalue weighted by atomic mass is 10.1. The second kappa shape index (κ2) is 6.04. The molecule has 2 aromatic carbocycles. The summed E-state index contributed by atoms with van der Waals surface area (Å²) < 4.78 is 26.7. The van der Waals surface area contributed by atoms with E-state index in [2.05, 4.69) is 0 Å². The molecule has 0 spiro atoms. The van der Waals surface area contributed by atoms with Crippen LogP contribution in [0.5, 0.6) is 0 Å². The molecule has 0 fully saturated rings. The number of nitriles is 1. The topological polar surface area (TPSA) is 61.2 Å². The zero-order chi connectivity index (χ0) is 14.6. The Kier molecular flexibility index (Phi) is 4.38. The van der Waals surface area contributed by atoms with Crippen LogP contribution in [0.3, 0.4) is 0 Å². The summed E-state index contributed by atoms with van der Waals surface area (Å²) in [5.41, 5.74) is 0. The Labute approximate surface area is 119 Å². The van der Waals surface area contributed by atoms with E-state index in [1.807, 2.05) is 30.3 Å². The average molecular weight is 288 g/mol. The number of hydrogen-bond donors (Lipinski definition) is 0. The smallest absolute Gasteiger partial charge is 0.207 e. The number of nitrogens with zero attached hydrogens (tertiary/aromatic N) is 2. The van der Waals surface area contributed by atoms with Crippen LogP contribution in [0.25, 0.3) is 10.8 Å². The number of benzene rings is 2. The minimum absolute atomic E-state index is 0.192. The fourth-order valence-corrected chi connectivity index (χ4v) is 3.85. The predicted molar refractivity (Wildman–Crippen MR) is 78.6 cm³/mol. The summed E-state index contributed by atoms with van der Waals surface area (Å²) in [4.78, 5) is 0.301. The fourth-order valence-electron chi connectivity index (χ4n) is 2.18. The average Bonchev–Trinajstić information content (AvgIpc) is 2.47. The summed E-state index contributed by atoms with van der Waals surface area (Å²) in [7, 11) is -3.57. The summed E-state index contributed by atoms with van der Waals surface area (Å²) in [6.45, 7) is 2.35. The van der Waals surface area contributed by atoms with Crippen molar-refractivity contribution in [1.29, 1.82) is 5.26 Å². The van der Waals surface area contributed by atoms with Crippen LogP contribution >= 0.6 is 0 Å². The fraction of sp³-hybridized carbons (Fsp3) is 0.267. The Balaban J connectivity index is 2.54. The van der Waals surface area contributed by atoms with Gasteiger partial charge in [0, 0.05) is 24.9 Å². The summed E-state index contributed by atoms with van der Waals surface area (Å²) in [6.07, 6.45) is 0.192. The highest BCUT2D eigenvalue weighted by Gasteiger charge is 2.24. The first kappa shape index (κ1) is 14.5. The Morgan fingerprint density at radius 2 is 1.85 bits per heavy atom. The van der Waals surface area contributed by atoms with Crippen molar-refractivity contribution in [2.75, 3.05) is 13.1 Å². The Morgan fingerprint density at radius 3 is 2.55 bits per heavy atom. The number of fused-ring (bicyclic) bond motifs is 1. The predicted octanol–water partition coefficient (Wildman–Crippen LogP) is 2.76. The van der Waals surface area contributed by atoms with Crippen LogP contribution in [0.2, 0.25) is 0 Å². The van der Waals surface area contributed by atoms with Gasteiger partial charge >= 0.3 is 0 Å². The lowest BCUT2D eigenvalue weighted by Crippen LogP contribution is -2.31. The van der Waals surface area contributed by atoms with Gasteiger partial charge in [-0.15, -0.1) is 0 Å². The van der Waals surface area contributed by atoms with Gasteiger partial charge in [-0.3, -0.25) is 0 Å². The maximum absolute atomic E-state index is 12.7. The zero-order valence-electron chi connectivity index (χ0n) is 11.3. The molecule has 5 heteroatoms. The summed E-state index contributed by atoms with van der Waals surface area (Å²) in [5, 5.41) is 10.3. The monoisotopic (exact) mass is 288 g/mol. The molecule has 0 heterocycles. The first-order chi connectivity index (χ1) is 9.61. The van der Waals surface area contributed by atoms with Gasteiger partial charge in [0.15, 0.2) is 0 Å². The van der Waals surface area contributed by atoms with Gasteiger partial charge in [0.05, 0.1) is 11.0 Å². The highest BCUT2D eigenvalue weighted by atomic mass is 32.2. The molecule has 0 aromatic heterocycles. The van der Waals surface area contributed by atoms with Crippen molar-refractivity contribution in [3.63, 3.8) is 0 Å². The van der Waals surface area contributed by atoms with Crippen molar-refractivity contribution >= 4 is 20.8 Å². The van der Waals surface area contributed by atoms with Crippen molar-refractivity contribution in [2.24, 2.45) is 0 Å². The molecule has 0 amide bonds. The van der Waals surface area contributed by atoms with Crippen LogP contribution in [0.1, 0.15) is 13.3 Å². The maximum atomic E-state index is 12.7. The van der Waals surface area contributed by atoms with E-state index < -0.39 is 10.0 Å². The van der Waals surface area contributed by atoms with Crippen LogP contribution in [0.4, 0.5) is 0 Å². The van der Waals surface area contributed by atoms with Crippen molar-refractivity contribution in [2.45, 2.75) is 18.2 Å². The SMILES string of the molecule is CCN(CCC#N)S(=O)(=O)c1cccc2ccccc12. The molecule has 4 nitrogen and oxygen atoms in total. The number of sulfonamides is 1. The molecule has 0 aliphatic heterocycles. The molecule has 0 radical (unpaired) electrons. The second-order valence-corrected chi connectivity index (χ2v) is 6.29. The molecule has 0 bridgehead atoms. The third-order valence-electron chi connectivity index (χ3n) is 3.19. The Morgan fingerprint density at radius 1 is 1.15 bits per heavy atom. The van der Waals surface area contributed by atoms with Gasteiger partial charge in [0.2, 0.25) is 10.0 Å². The largest absolute Gasteiger partial charge is 0.243 e. The van der Waals surface area contributed by atoms with E-state index in [0.29, 0.717) is 16.8 Å². The van der Waals surface area contributed by atoms with Crippen LogP contribution in [-0.2, 0) is 10.0 Å². The van der Waals surface area contributed by atoms with Gasteiger partial charge in [-0.2, -0.15) is 9.57 Å². The molecular formula is C15H16N2O2S.